The Labute approximate surface area is 112 Å². The van der Waals surface area contributed by atoms with Gasteiger partial charge in [-0.1, -0.05) is 17.7 Å². The van der Waals surface area contributed by atoms with E-state index in [-0.39, 0.29) is 12.4 Å². The van der Waals surface area contributed by atoms with E-state index < -0.39 is 0 Å². The Morgan fingerprint density at radius 2 is 2.31 bits per heavy atom. The molecule has 1 unspecified atom stereocenters. The van der Waals surface area contributed by atoms with E-state index in [2.05, 4.69) is 16.9 Å². The van der Waals surface area contributed by atoms with Crippen LogP contribution >= 0.6 is 35.8 Å². The van der Waals surface area contributed by atoms with Crippen molar-refractivity contribution in [2.75, 3.05) is 20.1 Å². The lowest BCUT2D eigenvalue weighted by atomic mass is 10.1. The average Bonchev–Trinajstić information content (AvgIpc) is 2.17. The Balaban J connectivity index is 0.00000128. The summed E-state index contributed by atoms with van der Waals surface area (Å²) >= 11 is 7.70. The fourth-order valence-electron chi connectivity index (χ4n) is 1.84. The van der Waals surface area contributed by atoms with E-state index in [9.17, 15) is 0 Å². The maximum Gasteiger partial charge on any atom is 0.130 e. The van der Waals surface area contributed by atoms with Crippen LogP contribution in [0.4, 0.5) is 0 Å². The third-order valence-electron chi connectivity index (χ3n) is 2.56. The SMILES string of the molecule is CN1CCCC(Sc2cccc(Cl)n2)C1.Cl. The van der Waals surface area contributed by atoms with Crippen LogP contribution in [0, 0.1) is 0 Å². The van der Waals surface area contributed by atoms with Crippen LogP contribution in [0.2, 0.25) is 5.15 Å². The molecule has 1 saturated heterocycles. The smallest absolute Gasteiger partial charge is 0.130 e. The van der Waals surface area contributed by atoms with Gasteiger partial charge in [-0.2, -0.15) is 0 Å². The molecule has 0 radical (unpaired) electrons. The number of hydrogen-bond acceptors (Lipinski definition) is 3. The van der Waals surface area contributed by atoms with Gasteiger partial charge in [0, 0.05) is 11.8 Å². The molecular formula is C11H16Cl2N2S. The Morgan fingerprint density at radius 3 is 3.00 bits per heavy atom. The molecule has 1 aliphatic heterocycles. The maximum absolute atomic E-state index is 5.86. The zero-order valence-electron chi connectivity index (χ0n) is 9.23. The standard InChI is InChI=1S/C11H15ClN2S.ClH/c1-14-7-3-4-9(8-14)15-11-6-2-5-10(12)13-11;/h2,5-6,9H,3-4,7-8H2,1H3;1H. The van der Waals surface area contributed by atoms with Crippen molar-refractivity contribution in [3.05, 3.63) is 23.4 Å². The minimum absolute atomic E-state index is 0. The second-order valence-corrected chi connectivity index (χ2v) is 5.65. The molecule has 0 spiro atoms. The lowest BCUT2D eigenvalue weighted by Gasteiger charge is -2.28. The zero-order valence-corrected chi connectivity index (χ0v) is 11.6. The van der Waals surface area contributed by atoms with Gasteiger partial charge in [0.2, 0.25) is 0 Å². The largest absolute Gasteiger partial charge is 0.305 e. The van der Waals surface area contributed by atoms with Gasteiger partial charge < -0.3 is 4.90 Å². The molecule has 1 atom stereocenters. The molecule has 16 heavy (non-hydrogen) atoms. The van der Waals surface area contributed by atoms with E-state index in [1.807, 2.05) is 30.0 Å². The molecule has 0 saturated carbocycles. The Morgan fingerprint density at radius 1 is 1.50 bits per heavy atom. The van der Waals surface area contributed by atoms with Gasteiger partial charge in [-0.15, -0.1) is 24.2 Å². The highest BCUT2D eigenvalue weighted by atomic mass is 35.5. The fraction of sp³-hybridized carbons (Fsp3) is 0.545. The number of likely N-dealkylation sites (tertiary alicyclic amines) is 1. The van der Waals surface area contributed by atoms with Gasteiger partial charge in [-0.05, 0) is 38.6 Å². The van der Waals surface area contributed by atoms with Gasteiger partial charge in [0.1, 0.15) is 5.15 Å². The molecule has 0 bridgehead atoms. The summed E-state index contributed by atoms with van der Waals surface area (Å²) in [6.07, 6.45) is 2.57. The summed E-state index contributed by atoms with van der Waals surface area (Å²) in [6, 6.07) is 5.81. The summed E-state index contributed by atoms with van der Waals surface area (Å²) in [7, 11) is 2.18. The summed E-state index contributed by atoms with van der Waals surface area (Å²) in [4.78, 5) is 6.68. The van der Waals surface area contributed by atoms with Crippen LogP contribution in [-0.2, 0) is 0 Å². The molecule has 2 nitrogen and oxygen atoms in total. The van der Waals surface area contributed by atoms with Crippen LogP contribution in [-0.4, -0.2) is 35.3 Å². The number of aromatic nitrogens is 1. The Kier molecular flexibility index (Phi) is 5.90. The van der Waals surface area contributed by atoms with E-state index in [1.165, 1.54) is 19.4 Å². The van der Waals surface area contributed by atoms with Crippen LogP contribution in [0.3, 0.4) is 0 Å². The van der Waals surface area contributed by atoms with E-state index >= 15 is 0 Å². The van der Waals surface area contributed by atoms with Gasteiger partial charge >= 0.3 is 0 Å². The number of halogens is 2. The minimum atomic E-state index is 0. The van der Waals surface area contributed by atoms with Crippen LogP contribution in [0.25, 0.3) is 0 Å². The molecule has 1 aromatic heterocycles. The monoisotopic (exact) mass is 278 g/mol. The molecule has 2 heterocycles. The normalized spacial score (nSPS) is 21.5. The number of hydrogen-bond donors (Lipinski definition) is 0. The second-order valence-electron chi connectivity index (χ2n) is 3.94. The third kappa shape index (κ3) is 4.13. The summed E-state index contributed by atoms with van der Waals surface area (Å²) in [6.45, 7) is 2.37. The van der Waals surface area contributed by atoms with E-state index in [0.717, 1.165) is 11.6 Å². The van der Waals surface area contributed by atoms with Crippen molar-refractivity contribution in [1.29, 1.82) is 0 Å². The molecule has 5 heteroatoms. The number of piperidine rings is 1. The predicted molar refractivity (Wildman–Crippen MR) is 72.9 cm³/mol. The molecule has 0 amide bonds. The molecule has 0 aliphatic carbocycles. The van der Waals surface area contributed by atoms with Crippen molar-refractivity contribution >= 4 is 35.8 Å². The Bertz CT molecular complexity index is 336. The molecule has 1 aliphatic rings. The fourth-order valence-corrected chi connectivity index (χ4v) is 3.32. The first kappa shape index (κ1) is 14.1. The number of nitrogens with zero attached hydrogens (tertiary/aromatic N) is 2. The highest BCUT2D eigenvalue weighted by Crippen LogP contribution is 2.28. The lowest BCUT2D eigenvalue weighted by Crippen LogP contribution is -2.33. The van der Waals surface area contributed by atoms with Gasteiger partial charge in [-0.3, -0.25) is 0 Å². The van der Waals surface area contributed by atoms with E-state index in [4.69, 9.17) is 11.6 Å². The predicted octanol–water partition coefficient (Wildman–Crippen LogP) is 3.34. The molecule has 0 aromatic carbocycles. The van der Waals surface area contributed by atoms with Crippen LogP contribution in [0.5, 0.6) is 0 Å². The molecule has 1 fully saturated rings. The molecule has 0 N–H and O–H groups in total. The van der Waals surface area contributed by atoms with Crippen molar-refractivity contribution in [2.24, 2.45) is 0 Å². The summed E-state index contributed by atoms with van der Waals surface area (Å²) in [5.74, 6) is 0. The summed E-state index contributed by atoms with van der Waals surface area (Å²) < 4.78 is 0. The zero-order chi connectivity index (χ0) is 10.7. The first-order valence-electron chi connectivity index (χ1n) is 5.22. The van der Waals surface area contributed by atoms with Gasteiger partial charge in [0.05, 0.1) is 5.03 Å². The number of rotatable bonds is 2. The van der Waals surface area contributed by atoms with E-state index in [1.54, 1.807) is 0 Å². The average molecular weight is 279 g/mol. The second kappa shape index (κ2) is 6.70. The summed E-state index contributed by atoms with van der Waals surface area (Å²) in [5.41, 5.74) is 0. The molecule has 2 rings (SSSR count). The third-order valence-corrected chi connectivity index (χ3v) is 3.96. The quantitative estimate of drug-likeness (QED) is 0.772. The lowest BCUT2D eigenvalue weighted by molar-refractivity contribution is 0.283. The van der Waals surface area contributed by atoms with E-state index in [0.29, 0.717) is 10.4 Å². The van der Waals surface area contributed by atoms with Gasteiger partial charge in [0.25, 0.3) is 0 Å². The van der Waals surface area contributed by atoms with Gasteiger partial charge in [0.15, 0.2) is 0 Å². The van der Waals surface area contributed by atoms with Crippen LogP contribution in [0.1, 0.15) is 12.8 Å². The highest BCUT2D eigenvalue weighted by molar-refractivity contribution is 7.99. The molecule has 1 aromatic rings. The Hall–Kier alpha value is 0.0400. The van der Waals surface area contributed by atoms with Crippen LogP contribution in [0.15, 0.2) is 23.2 Å². The van der Waals surface area contributed by atoms with Crippen molar-refractivity contribution in [3.8, 4) is 0 Å². The summed E-state index contributed by atoms with van der Waals surface area (Å²) in [5, 5.41) is 2.29. The van der Waals surface area contributed by atoms with Gasteiger partial charge in [-0.25, -0.2) is 4.98 Å². The first-order valence-corrected chi connectivity index (χ1v) is 6.47. The van der Waals surface area contributed by atoms with Crippen LogP contribution < -0.4 is 0 Å². The topological polar surface area (TPSA) is 16.1 Å². The van der Waals surface area contributed by atoms with Crippen molar-refractivity contribution in [3.63, 3.8) is 0 Å². The maximum atomic E-state index is 5.86. The van der Waals surface area contributed by atoms with Crippen molar-refractivity contribution < 1.29 is 0 Å². The molecular weight excluding hydrogens is 263 g/mol. The first-order chi connectivity index (χ1) is 7.24. The number of thioether (sulfide) groups is 1. The molecule has 90 valence electrons. The highest BCUT2D eigenvalue weighted by Gasteiger charge is 2.18. The minimum Gasteiger partial charge on any atom is -0.305 e. The van der Waals surface area contributed by atoms with Crippen molar-refractivity contribution in [1.82, 2.24) is 9.88 Å². The van der Waals surface area contributed by atoms with Crippen molar-refractivity contribution in [2.45, 2.75) is 23.1 Å². The number of pyridine rings is 1.